The molecule has 1 amide bonds. The van der Waals surface area contributed by atoms with Crippen LogP contribution in [0.15, 0.2) is 83.6 Å². The average Bonchev–Trinajstić information content (AvgIpc) is 3.31. The number of aryl methyl sites for hydroxylation is 1. The molecule has 4 aromatic rings. The smallest absolute Gasteiger partial charge is 0.244 e. The first-order valence-electron chi connectivity index (χ1n) is 8.70. The van der Waals surface area contributed by atoms with Crippen molar-refractivity contribution in [2.45, 2.75) is 6.04 Å². The number of carbonyl (C=O) groups is 1. The molecule has 1 unspecified atom stereocenters. The van der Waals surface area contributed by atoms with Crippen molar-refractivity contribution in [3.63, 3.8) is 0 Å². The maximum atomic E-state index is 12.5. The predicted molar refractivity (Wildman–Crippen MR) is 105 cm³/mol. The lowest BCUT2D eigenvalue weighted by molar-refractivity contribution is -0.117. The molecule has 0 fully saturated rings. The number of carbonyl (C=O) groups excluding carboxylic acids is 1. The summed E-state index contributed by atoms with van der Waals surface area (Å²) in [6.07, 6.45) is 6.80. The molecular weight excluding hydrogens is 338 g/mol. The lowest BCUT2D eigenvalue weighted by Crippen LogP contribution is -2.27. The minimum absolute atomic E-state index is 0.201. The first kappa shape index (κ1) is 16.8. The number of para-hydroxylation sites is 1. The molecule has 4 rings (SSSR count). The summed E-state index contributed by atoms with van der Waals surface area (Å²) in [5.74, 6) is 0.499. The Hall–Kier alpha value is -3.60. The number of benzene rings is 2. The fourth-order valence-corrected chi connectivity index (χ4v) is 3.00. The SMILES string of the molecule is Cn1cc(/C=C/C(=O)NC(c2ccccc2)c2cc3ccccc3o2)cn1. The molecular formula is C22H19N3O2. The summed E-state index contributed by atoms with van der Waals surface area (Å²) in [4.78, 5) is 12.5. The second-order valence-corrected chi connectivity index (χ2v) is 6.32. The Morgan fingerprint density at radius 1 is 1.15 bits per heavy atom. The van der Waals surface area contributed by atoms with Crippen LogP contribution in [0.25, 0.3) is 17.0 Å². The molecule has 0 bridgehead atoms. The van der Waals surface area contributed by atoms with Gasteiger partial charge in [-0.2, -0.15) is 5.10 Å². The van der Waals surface area contributed by atoms with Gasteiger partial charge in [0.05, 0.1) is 6.20 Å². The summed E-state index contributed by atoms with van der Waals surface area (Å²) in [6, 6.07) is 19.2. The van der Waals surface area contributed by atoms with E-state index in [1.165, 1.54) is 6.08 Å². The number of nitrogens with one attached hydrogen (secondary N) is 1. The molecule has 134 valence electrons. The van der Waals surface area contributed by atoms with Gasteiger partial charge in [-0.1, -0.05) is 48.5 Å². The van der Waals surface area contributed by atoms with Crippen molar-refractivity contribution in [2.75, 3.05) is 0 Å². The number of amides is 1. The molecule has 0 radical (unpaired) electrons. The maximum absolute atomic E-state index is 12.5. The molecule has 2 aromatic heterocycles. The highest BCUT2D eigenvalue weighted by atomic mass is 16.3. The first-order chi connectivity index (χ1) is 13.2. The largest absolute Gasteiger partial charge is 0.459 e. The Morgan fingerprint density at radius 3 is 2.67 bits per heavy atom. The number of fused-ring (bicyclic) bond motifs is 1. The molecule has 2 heterocycles. The molecule has 0 aliphatic rings. The van der Waals surface area contributed by atoms with Crippen LogP contribution in [0.4, 0.5) is 0 Å². The Kier molecular flexibility index (Phi) is 4.58. The highest BCUT2D eigenvalue weighted by Crippen LogP contribution is 2.28. The second-order valence-electron chi connectivity index (χ2n) is 6.32. The summed E-state index contributed by atoms with van der Waals surface area (Å²) in [5.41, 5.74) is 2.63. The summed E-state index contributed by atoms with van der Waals surface area (Å²) < 4.78 is 7.69. The third-order valence-electron chi connectivity index (χ3n) is 4.30. The van der Waals surface area contributed by atoms with Gasteiger partial charge in [0, 0.05) is 30.3 Å². The Labute approximate surface area is 156 Å². The molecule has 0 saturated carbocycles. The highest BCUT2D eigenvalue weighted by Gasteiger charge is 2.20. The van der Waals surface area contributed by atoms with Crippen molar-refractivity contribution in [3.05, 3.63) is 96.0 Å². The van der Waals surface area contributed by atoms with Gasteiger partial charge in [0.1, 0.15) is 17.4 Å². The third kappa shape index (κ3) is 3.82. The van der Waals surface area contributed by atoms with Crippen LogP contribution in [-0.4, -0.2) is 15.7 Å². The van der Waals surface area contributed by atoms with Crippen LogP contribution >= 0.6 is 0 Å². The normalized spacial score (nSPS) is 12.5. The van der Waals surface area contributed by atoms with E-state index in [9.17, 15) is 4.79 Å². The maximum Gasteiger partial charge on any atom is 0.244 e. The summed E-state index contributed by atoms with van der Waals surface area (Å²) in [5, 5.41) is 8.14. The first-order valence-corrected chi connectivity index (χ1v) is 8.70. The van der Waals surface area contributed by atoms with E-state index in [-0.39, 0.29) is 11.9 Å². The molecule has 5 heteroatoms. The standard InChI is InChI=1S/C22H19N3O2/c1-25-15-16(14-23-25)11-12-21(26)24-22(17-7-3-2-4-8-17)20-13-18-9-5-6-10-19(18)27-20/h2-15,22H,1H3,(H,24,26)/b12-11+. The van der Waals surface area contributed by atoms with Gasteiger partial charge in [0.25, 0.3) is 0 Å². The van der Waals surface area contributed by atoms with E-state index in [4.69, 9.17) is 4.42 Å². The zero-order chi connectivity index (χ0) is 18.6. The van der Waals surface area contributed by atoms with Crippen molar-refractivity contribution in [1.29, 1.82) is 0 Å². The molecule has 0 saturated heterocycles. The van der Waals surface area contributed by atoms with E-state index in [0.29, 0.717) is 5.76 Å². The van der Waals surface area contributed by atoms with Gasteiger partial charge in [-0.25, -0.2) is 0 Å². The number of hydrogen-bond donors (Lipinski definition) is 1. The van der Waals surface area contributed by atoms with Crippen molar-refractivity contribution >= 4 is 23.0 Å². The highest BCUT2D eigenvalue weighted by molar-refractivity contribution is 5.92. The van der Waals surface area contributed by atoms with Crippen LogP contribution in [0.5, 0.6) is 0 Å². The minimum Gasteiger partial charge on any atom is -0.459 e. The van der Waals surface area contributed by atoms with E-state index in [2.05, 4.69) is 10.4 Å². The van der Waals surface area contributed by atoms with Gasteiger partial charge in [-0.15, -0.1) is 0 Å². The lowest BCUT2D eigenvalue weighted by Gasteiger charge is -2.16. The van der Waals surface area contributed by atoms with Crippen molar-refractivity contribution < 1.29 is 9.21 Å². The number of hydrogen-bond acceptors (Lipinski definition) is 3. The lowest BCUT2D eigenvalue weighted by atomic mass is 10.0. The Morgan fingerprint density at radius 2 is 1.93 bits per heavy atom. The van der Waals surface area contributed by atoms with E-state index in [0.717, 1.165) is 22.1 Å². The molecule has 27 heavy (non-hydrogen) atoms. The monoisotopic (exact) mass is 357 g/mol. The van der Waals surface area contributed by atoms with Gasteiger partial charge in [-0.3, -0.25) is 9.48 Å². The molecule has 1 atom stereocenters. The number of furan rings is 1. The second kappa shape index (κ2) is 7.33. The molecule has 5 nitrogen and oxygen atoms in total. The van der Waals surface area contributed by atoms with E-state index >= 15 is 0 Å². The average molecular weight is 357 g/mol. The van der Waals surface area contributed by atoms with Gasteiger partial charge in [0.2, 0.25) is 5.91 Å². The quantitative estimate of drug-likeness (QED) is 0.547. The zero-order valence-electron chi connectivity index (χ0n) is 14.9. The van der Waals surface area contributed by atoms with Gasteiger partial charge >= 0.3 is 0 Å². The molecule has 1 N–H and O–H groups in total. The summed E-state index contributed by atoms with van der Waals surface area (Å²) >= 11 is 0. The molecule has 0 spiro atoms. The number of rotatable bonds is 5. The third-order valence-corrected chi connectivity index (χ3v) is 4.30. The predicted octanol–water partition coefficient (Wildman–Crippen LogP) is 4.09. The fraction of sp³-hybridized carbons (Fsp3) is 0.0909. The summed E-state index contributed by atoms with van der Waals surface area (Å²) in [6.45, 7) is 0. The minimum atomic E-state index is -0.371. The van der Waals surface area contributed by atoms with Crippen molar-refractivity contribution in [2.24, 2.45) is 7.05 Å². The van der Waals surface area contributed by atoms with Gasteiger partial charge < -0.3 is 9.73 Å². The van der Waals surface area contributed by atoms with Gasteiger partial charge in [0.15, 0.2) is 0 Å². The van der Waals surface area contributed by atoms with E-state index in [1.54, 1.807) is 17.0 Å². The van der Waals surface area contributed by atoms with Crippen LogP contribution in [0.1, 0.15) is 22.9 Å². The topological polar surface area (TPSA) is 60.1 Å². The van der Waals surface area contributed by atoms with E-state index in [1.807, 2.05) is 73.9 Å². The van der Waals surface area contributed by atoms with Crippen LogP contribution in [0, 0.1) is 0 Å². The fourth-order valence-electron chi connectivity index (χ4n) is 3.00. The molecule has 0 aliphatic heterocycles. The van der Waals surface area contributed by atoms with Crippen LogP contribution < -0.4 is 5.32 Å². The van der Waals surface area contributed by atoms with E-state index < -0.39 is 0 Å². The number of aromatic nitrogens is 2. The zero-order valence-corrected chi connectivity index (χ0v) is 14.9. The molecule has 0 aliphatic carbocycles. The Balaban J connectivity index is 1.62. The van der Waals surface area contributed by atoms with Crippen LogP contribution in [-0.2, 0) is 11.8 Å². The van der Waals surface area contributed by atoms with Crippen LogP contribution in [0.3, 0.4) is 0 Å². The Bertz CT molecular complexity index is 1060. The molecule has 2 aromatic carbocycles. The van der Waals surface area contributed by atoms with Crippen molar-refractivity contribution in [3.8, 4) is 0 Å². The summed E-state index contributed by atoms with van der Waals surface area (Å²) in [7, 11) is 1.84. The van der Waals surface area contributed by atoms with Crippen molar-refractivity contribution in [1.82, 2.24) is 15.1 Å². The van der Waals surface area contributed by atoms with Crippen LogP contribution in [0.2, 0.25) is 0 Å². The number of nitrogens with zero attached hydrogens (tertiary/aromatic N) is 2. The van der Waals surface area contributed by atoms with Gasteiger partial charge in [-0.05, 0) is 23.8 Å².